The first-order valence-electron chi connectivity index (χ1n) is 6.94. The van der Waals surface area contributed by atoms with Gasteiger partial charge in [-0.3, -0.25) is 4.79 Å². The molecule has 2 aliphatic heterocycles. The number of likely N-dealkylation sites (tertiary alicyclic amines) is 1. The van der Waals surface area contributed by atoms with Gasteiger partial charge < -0.3 is 14.4 Å². The van der Waals surface area contributed by atoms with Gasteiger partial charge in [-0.2, -0.15) is 0 Å². The Hall–Kier alpha value is -0.910. The van der Waals surface area contributed by atoms with Crippen molar-refractivity contribution in [2.45, 2.75) is 25.6 Å². The van der Waals surface area contributed by atoms with Crippen molar-refractivity contribution in [1.82, 2.24) is 4.90 Å². The molecule has 0 atom stereocenters. The Bertz CT molecular complexity index is 526. The zero-order valence-electron chi connectivity index (χ0n) is 11.5. The van der Waals surface area contributed by atoms with E-state index in [-0.39, 0.29) is 5.91 Å². The van der Waals surface area contributed by atoms with E-state index in [0.29, 0.717) is 19.8 Å². The monoisotopic (exact) mass is 339 g/mol. The molecule has 0 radical (unpaired) electrons. The van der Waals surface area contributed by atoms with Crippen LogP contribution < -0.4 is 0 Å². The molecule has 3 rings (SSSR count). The van der Waals surface area contributed by atoms with Gasteiger partial charge in [0.25, 0.3) is 5.91 Å². The van der Waals surface area contributed by atoms with E-state index < -0.39 is 5.79 Å². The standard InChI is InChI=1S/C15H18BrNO3/c1-11-12(4-2-5-13(11)16)14(18)17-7-3-6-15(10-17)19-8-9-20-15/h2,4-5H,3,6-10H2,1H3. The number of piperidine rings is 1. The second-order valence-corrected chi connectivity index (χ2v) is 6.20. The van der Waals surface area contributed by atoms with Crippen LogP contribution in [0.1, 0.15) is 28.8 Å². The number of halogens is 1. The fourth-order valence-corrected chi connectivity index (χ4v) is 3.27. The van der Waals surface area contributed by atoms with Crippen LogP contribution in [0.5, 0.6) is 0 Å². The molecule has 108 valence electrons. The van der Waals surface area contributed by atoms with Crippen LogP contribution >= 0.6 is 15.9 Å². The summed E-state index contributed by atoms with van der Waals surface area (Å²) in [4.78, 5) is 14.6. The number of amides is 1. The van der Waals surface area contributed by atoms with Gasteiger partial charge in [-0.05, 0) is 31.0 Å². The van der Waals surface area contributed by atoms with Crippen molar-refractivity contribution >= 4 is 21.8 Å². The molecule has 2 fully saturated rings. The van der Waals surface area contributed by atoms with Gasteiger partial charge in [0, 0.05) is 23.0 Å². The topological polar surface area (TPSA) is 38.8 Å². The highest BCUT2D eigenvalue weighted by molar-refractivity contribution is 9.10. The molecule has 4 nitrogen and oxygen atoms in total. The molecular formula is C15H18BrNO3. The highest BCUT2D eigenvalue weighted by Gasteiger charge is 2.42. The van der Waals surface area contributed by atoms with Gasteiger partial charge in [-0.15, -0.1) is 0 Å². The first kappa shape index (κ1) is 14.0. The third kappa shape index (κ3) is 2.50. The smallest absolute Gasteiger partial charge is 0.254 e. The van der Waals surface area contributed by atoms with E-state index in [1.807, 2.05) is 30.0 Å². The van der Waals surface area contributed by atoms with Crippen LogP contribution in [0, 0.1) is 6.92 Å². The summed E-state index contributed by atoms with van der Waals surface area (Å²) < 4.78 is 12.4. The Kier molecular flexibility index (Phi) is 3.84. The highest BCUT2D eigenvalue weighted by Crippen LogP contribution is 2.31. The zero-order chi connectivity index (χ0) is 14.2. The van der Waals surface area contributed by atoms with Crippen LogP contribution in [0.4, 0.5) is 0 Å². The second kappa shape index (κ2) is 5.47. The van der Waals surface area contributed by atoms with E-state index in [1.54, 1.807) is 0 Å². The molecule has 1 amide bonds. The predicted molar refractivity (Wildman–Crippen MR) is 78.7 cm³/mol. The van der Waals surface area contributed by atoms with E-state index >= 15 is 0 Å². The second-order valence-electron chi connectivity index (χ2n) is 5.35. The molecule has 0 saturated carbocycles. The number of rotatable bonds is 1. The summed E-state index contributed by atoms with van der Waals surface area (Å²) in [7, 11) is 0. The number of benzene rings is 1. The molecule has 2 aliphatic rings. The van der Waals surface area contributed by atoms with Crippen LogP contribution in [0.25, 0.3) is 0 Å². The average molecular weight is 340 g/mol. The lowest BCUT2D eigenvalue weighted by molar-refractivity contribution is -0.183. The number of nitrogens with zero attached hydrogens (tertiary/aromatic N) is 1. The summed E-state index contributed by atoms with van der Waals surface area (Å²) in [5.74, 6) is -0.504. The van der Waals surface area contributed by atoms with Crippen molar-refractivity contribution in [2.75, 3.05) is 26.3 Å². The number of carbonyl (C=O) groups excluding carboxylic acids is 1. The summed E-state index contributed by atoms with van der Waals surface area (Å²) >= 11 is 3.48. The van der Waals surface area contributed by atoms with Gasteiger partial charge >= 0.3 is 0 Å². The van der Waals surface area contributed by atoms with Crippen LogP contribution in [0.3, 0.4) is 0 Å². The van der Waals surface area contributed by atoms with Gasteiger partial charge in [0.1, 0.15) is 0 Å². The minimum Gasteiger partial charge on any atom is -0.346 e. The van der Waals surface area contributed by atoms with Crippen molar-refractivity contribution in [3.05, 3.63) is 33.8 Å². The van der Waals surface area contributed by atoms with Gasteiger partial charge in [0.15, 0.2) is 5.79 Å². The van der Waals surface area contributed by atoms with Crippen LogP contribution in [0.15, 0.2) is 22.7 Å². The molecule has 0 aliphatic carbocycles. The first-order valence-corrected chi connectivity index (χ1v) is 7.73. The van der Waals surface area contributed by atoms with Crippen molar-refractivity contribution in [3.63, 3.8) is 0 Å². The summed E-state index contributed by atoms with van der Waals surface area (Å²) in [5.41, 5.74) is 1.72. The summed E-state index contributed by atoms with van der Waals surface area (Å²) in [6.07, 6.45) is 1.78. The van der Waals surface area contributed by atoms with Crippen molar-refractivity contribution in [2.24, 2.45) is 0 Å². The van der Waals surface area contributed by atoms with Crippen LogP contribution in [-0.4, -0.2) is 42.9 Å². The molecule has 5 heteroatoms. The molecule has 1 spiro atoms. The highest BCUT2D eigenvalue weighted by atomic mass is 79.9. The summed E-state index contributed by atoms with van der Waals surface area (Å²) in [6, 6.07) is 5.72. The van der Waals surface area contributed by atoms with Gasteiger partial charge in [-0.1, -0.05) is 22.0 Å². The third-order valence-electron chi connectivity index (χ3n) is 4.02. The Morgan fingerprint density at radius 3 is 2.85 bits per heavy atom. The van der Waals surface area contributed by atoms with Gasteiger partial charge in [-0.25, -0.2) is 0 Å². The maximum Gasteiger partial charge on any atom is 0.254 e. The Morgan fingerprint density at radius 1 is 1.35 bits per heavy atom. The molecule has 2 heterocycles. The SMILES string of the molecule is Cc1c(Br)cccc1C(=O)N1CCCC2(C1)OCCO2. The summed E-state index contributed by atoms with van der Waals surface area (Å²) in [6.45, 7) is 4.49. The van der Waals surface area contributed by atoms with Crippen molar-refractivity contribution in [3.8, 4) is 0 Å². The van der Waals surface area contributed by atoms with Crippen molar-refractivity contribution in [1.29, 1.82) is 0 Å². The predicted octanol–water partition coefficient (Wildman–Crippen LogP) is 2.74. The van der Waals surface area contributed by atoms with Crippen LogP contribution in [0.2, 0.25) is 0 Å². The van der Waals surface area contributed by atoms with Crippen molar-refractivity contribution < 1.29 is 14.3 Å². The number of hydrogen-bond donors (Lipinski definition) is 0. The lowest BCUT2D eigenvalue weighted by Crippen LogP contribution is -2.51. The number of hydrogen-bond acceptors (Lipinski definition) is 3. The molecule has 2 saturated heterocycles. The Balaban J connectivity index is 1.81. The lowest BCUT2D eigenvalue weighted by atomic mass is 10.0. The molecule has 0 unspecified atom stereocenters. The molecule has 0 N–H and O–H groups in total. The third-order valence-corrected chi connectivity index (χ3v) is 4.88. The van der Waals surface area contributed by atoms with E-state index in [4.69, 9.17) is 9.47 Å². The first-order chi connectivity index (χ1) is 9.61. The molecule has 1 aromatic carbocycles. The van der Waals surface area contributed by atoms with Crippen LogP contribution in [-0.2, 0) is 9.47 Å². The van der Waals surface area contributed by atoms with Gasteiger partial charge in [0.2, 0.25) is 0 Å². The molecule has 20 heavy (non-hydrogen) atoms. The normalized spacial score (nSPS) is 21.4. The molecular weight excluding hydrogens is 322 g/mol. The lowest BCUT2D eigenvalue weighted by Gasteiger charge is -2.38. The largest absolute Gasteiger partial charge is 0.346 e. The van der Waals surface area contributed by atoms with E-state index in [0.717, 1.165) is 35.0 Å². The fraction of sp³-hybridized carbons (Fsp3) is 0.533. The minimum atomic E-state index is -0.562. The fourth-order valence-electron chi connectivity index (χ4n) is 2.90. The zero-order valence-corrected chi connectivity index (χ0v) is 13.1. The Labute approximate surface area is 127 Å². The minimum absolute atomic E-state index is 0.0574. The molecule has 0 bridgehead atoms. The quantitative estimate of drug-likeness (QED) is 0.789. The van der Waals surface area contributed by atoms with E-state index in [9.17, 15) is 4.79 Å². The number of ether oxygens (including phenoxy) is 2. The average Bonchev–Trinajstić information content (AvgIpc) is 2.89. The number of carbonyl (C=O) groups is 1. The summed E-state index contributed by atoms with van der Waals surface area (Å²) in [5, 5.41) is 0. The van der Waals surface area contributed by atoms with E-state index in [1.165, 1.54) is 0 Å². The Morgan fingerprint density at radius 2 is 2.10 bits per heavy atom. The van der Waals surface area contributed by atoms with Gasteiger partial charge in [0.05, 0.1) is 19.8 Å². The molecule has 1 aromatic rings. The maximum atomic E-state index is 12.7. The molecule has 0 aromatic heterocycles. The van der Waals surface area contributed by atoms with E-state index in [2.05, 4.69) is 15.9 Å². The maximum absolute atomic E-state index is 12.7.